The third-order valence-corrected chi connectivity index (χ3v) is 3.13. The molecule has 1 aromatic rings. The van der Waals surface area contributed by atoms with Gasteiger partial charge in [-0.15, -0.1) is 11.6 Å². The molecule has 0 N–H and O–H groups in total. The summed E-state index contributed by atoms with van der Waals surface area (Å²) in [5.41, 5.74) is 2.18. The molecule has 0 radical (unpaired) electrons. The van der Waals surface area contributed by atoms with Crippen molar-refractivity contribution in [2.75, 3.05) is 6.61 Å². The number of nitrogens with zero attached hydrogens (tertiary/aromatic N) is 1. The van der Waals surface area contributed by atoms with Crippen LogP contribution >= 0.6 is 11.6 Å². The number of alkyl halides is 1. The molecule has 0 unspecified atom stereocenters. The predicted molar refractivity (Wildman–Crippen MR) is 77.4 cm³/mol. The van der Waals surface area contributed by atoms with Crippen LogP contribution in [0, 0.1) is 0 Å². The van der Waals surface area contributed by atoms with Crippen LogP contribution in [-0.2, 0) is 12.3 Å². The maximum absolute atomic E-state index is 5.89. The first kappa shape index (κ1) is 15.3. The summed E-state index contributed by atoms with van der Waals surface area (Å²) in [5, 5.41) is 0. The molecule has 18 heavy (non-hydrogen) atoms. The van der Waals surface area contributed by atoms with Gasteiger partial charge >= 0.3 is 0 Å². The second-order valence-corrected chi connectivity index (χ2v) is 4.86. The van der Waals surface area contributed by atoms with Crippen molar-refractivity contribution < 1.29 is 4.74 Å². The second-order valence-electron chi connectivity index (χ2n) is 4.60. The number of aromatic nitrogens is 1. The zero-order valence-electron chi connectivity index (χ0n) is 11.5. The Morgan fingerprint density at radius 2 is 1.94 bits per heavy atom. The molecule has 1 aromatic heterocycles. The van der Waals surface area contributed by atoms with E-state index in [1.807, 2.05) is 6.07 Å². The van der Waals surface area contributed by atoms with Gasteiger partial charge in [0.2, 0.25) is 5.88 Å². The lowest BCUT2D eigenvalue weighted by atomic mass is 10.2. The van der Waals surface area contributed by atoms with Crippen LogP contribution in [0.4, 0.5) is 0 Å². The summed E-state index contributed by atoms with van der Waals surface area (Å²) in [5.74, 6) is 1.25. The van der Waals surface area contributed by atoms with E-state index in [1.165, 1.54) is 19.3 Å². The highest BCUT2D eigenvalue weighted by Crippen LogP contribution is 2.16. The Morgan fingerprint density at radius 3 is 2.61 bits per heavy atom. The standard InChI is InChI=1S/C15H24ClNO/c1-3-5-6-7-9-18-15-11-13(12-16)10-14(17-15)8-4-2/h10-11H,3-9,12H2,1-2H3. The van der Waals surface area contributed by atoms with Crippen LogP contribution in [0.1, 0.15) is 57.2 Å². The maximum Gasteiger partial charge on any atom is 0.213 e. The fourth-order valence-corrected chi connectivity index (χ4v) is 2.02. The minimum atomic E-state index is 0.519. The molecule has 0 saturated heterocycles. The Labute approximate surface area is 116 Å². The Bertz CT molecular complexity index is 341. The maximum atomic E-state index is 5.89. The number of pyridine rings is 1. The molecule has 0 aliphatic rings. The molecule has 1 rings (SSSR count). The number of hydrogen-bond acceptors (Lipinski definition) is 2. The van der Waals surface area contributed by atoms with Crippen LogP contribution in [0.3, 0.4) is 0 Å². The van der Waals surface area contributed by atoms with Gasteiger partial charge in [-0.1, -0.05) is 39.5 Å². The van der Waals surface area contributed by atoms with Gasteiger partial charge in [-0.3, -0.25) is 0 Å². The molecule has 1 heterocycles. The fraction of sp³-hybridized carbons (Fsp3) is 0.667. The van der Waals surface area contributed by atoms with E-state index in [4.69, 9.17) is 16.3 Å². The van der Waals surface area contributed by atoms with Crippen molar-refractivity contribution in [3.8, 4) is 5.88 Å². The molecule has 0 aromatic carbocycles. The van der Waals surface area contributed by atoms with Crippen LogP contribution in [0.5, 0.6) is 5.88 Å². The lowest BCUT2D eigenvalue weighted by Crippen LogP contribution is -2.02. The summed E-state index contributed by atoms with van der Waals surface area (Å²) in [6.45, 7) is 5.12. The predicted octanol–water partition coefficient (Wildman–Crippen LogP) is 4.73. The SMILES string of the molecule is CCCCCCOc1cc(CCl)cc(CCC)n1. The first-order valence-electron chi connectivity index (χ1n) is 6.98. The van der Waals surface area contributed by atoms with Crippen LogP contribution in [-0.4, -0.2) is 11.6 Å². The number of hydrogen-bond donors (Lipinski definition) is 0. The van der Waals surface area contributed by atoms with Gasteiger partial charge in [0.15, 0.2) is 0 Å². The molecular formula is C15H24ClNO. The Morgan fingerprint density at radius 1 is 1.11 bits per heavy atom. The second kappa shape index (κ2) is 9.21. The van der Waals surface area contributed by atoms with Gasteiger partial charge in [0, 0.05) is 17.6 Å². The van der Waals surface area contributed by atoms with E-state index in [0.29, 0.717) is 5.88 Å². The van der Waals surface area contributed by atoms with Gasteiger partial charge < -0.3 is 4.74 Å². The number of aryl methyl sites for hydroxylation is 1. The summed E-state index contributed by atoms with van der Waals surface area (Å²) < 4.78 is 5.71. The molecule has 102 valence electrons. The van der Waals surface area contributed by atoms with Crippen LogP contribution < -0.4 is 4.74 Å². The molecule has 0 spiro atoms. The fourth-order valence-electron chi connectivity index (χ4n) is 1.86. The monoisotopic (exact) mass is 269 g/mol. The van der Waals surface area contributed by atoms with Crippen molar-refractivity contribution in [3.63, 3.8) is 0 Å². The summed E-state index contributed by atoms with van der Waals surface area (Å²) in [7, 11) is 0. The molecule has 2 nitrogen and oxygen atoms in total. The minimum absolute atomic E-state index is 0.519. The van der Waals surface area contributed by atoms with E-state index in [1.54, 1.807) is 0 Å². The van der Waals surface area contributed by atoms with Crippen LogP contribution in [0.25, 0.3) is 0 Å². The zero-order chi connectivity index (χ0) is 13.2. The van der Waals surface area contributed by atoms with Crippen molar-refractivity contribution in [3.05, 3.63) is 23.4 Å². The minimum Gasteiger partial charge on any atom is -0.478 e. The highest BCUT2D eigenvalue weighted by molar-refractivity contribution is 6.17. The van der Waals surface area contributed by atoms with Crippen molar-refractivity contribution in [1.29, 1.82) is 0 Å². The van der Waals surface area contributed by atoms with Gasteiger partial charge in [-0.05, 0) is 24.5 Å². The number of halogens is 1. The lowest BCUT2D eigenvalue weighted by Gasteiger charge is -2.08. The molecule has 0 fully saturated rings. The molecule has 0 bridgehead atoms. The summed E-state index contributed by atoms with van der Waals surface area (Å²) in [6.07, 6.45) is 6.93. The number of ether oxygens (including phenoxy) is 1. The molecular weight excluding hydrogens is 246 g/mol. The van der Waals surface area contributed by atoms with E-state index < -0.39 is 0 Å². The topological polar surface area (TPSA) is 22.1 Å². The third kappa shape index (κ3) is 5.72. The van der Waals surface area contributed by atoms with Gasteiger partial charge in [-0.2, -0.15) is 0 Å². The molecule has 0 aliphatic heterocycles. The van der Waals surface area contributed by atoms with E-state index in [-0.39, 0.29) is 0 Å². The Kier molecular flexibility index (Phi) is 7.83. The van der Waals surface area contributed by atoms with E-state index in [9.17, 15) is 0 Å². The first-order valence-corrected chi connectivity index (χ1v) is 7.52. The zero-order valence-corrected chi connectivity index (χ0v) is 12.3. The van der Waals surface area contributed by atoms with Crippen molar-refractivity contribution in [2.24, 2.45) is 0 Å². The average molecular weight is 270 g/mol. The van der Waals surface area contributed by atoms with Crippen LogP contribution in [0.15, 0.2) is 12.1 Å². The molecule has 0 saturated carbocycles. The number of unbranched alkanes of at least 4 members (excludes halogenated alkanes) is 3. The Hall–Kier alpha value is -0.760. The van der Waals surface area contributed by atoms with E-state index in [0.717, 1.165) is 43.0 Å². The van der Waals surface area contributed by atoms with Crippen molar-refractivity contribution in [1.82, 2.24) is 4.98 Å². The summed E-state index contributed by atoms with van der Waals surface area (Å²) in [6, 6.07) is 4.02. The largest absolute Gasteiger partial charge is 0.478 e. The highest BCUT2D eigenvalue weighted by Gasteiger charge is 2.03. The van der Waals surface area contributed by atoms with E-state index in [2.05, 4.69) is 24.9 Å². The van der Waals surface area contributed by atoms with Gasteiger partial charge in [0.05, 0.1) is 6.61 Å². The molecule has 0 amide bonds. The van der Waals surface area contributed by atoms with Crippen LogP contribution in [0.2, 0.25) is 0 Å². The number of rotatable bonds is 9. The van der Waals surface area contributed by atoms with Gasteiger partial charge in [-0.25, -0.2) is 4.98 Å². The van der Waals surface area contributed by atoms with Crippen molar-refractivity contribution in [2.45, 2.75) is 58.3 Å². The third-order valence-electron chi connectivity index (χ3n) is 2.82. The quantitative estimate of drug-likeness (QED) is 0.477. The normalized spacial score (nSPS) is 10.6. The Balaban J connectivity index is 2.50. The first-order chi connectivity index (χ1) is 8.80. The average Bonchev–Trinajstić information content (AvgIpc) is 2.38. The molecule has 0 aliphatic carbocycles. The highest BCUT2D eigenvalue weighted by atomic mass is 35.5. The van der Waals surface area contributed by atoms with Gasteiger partial charge in [0.1, 0.15) is 0 Å². The summed E-state index contributed by atoms with van der Waals surface area (Å²) >= 11 is 5.89. The lowest BCUT2D eigenvalue weighted by molar-refractivity contribution is 0.293. The molecule has 0 atom stereocenters. The van der Waals surface area contributed by atoms with Crippen molar-refractivity contribution >= 4 is 11.6 Å². The van der Waals surface area contributed by atoms with E-state index >= 15 is 0 Å². The van der Waals surface area contributed by atoms with Gasteiger partial charge in [0.25, 0.3) is 0 Å². The molecule has 3 heteroatoms. The summed E-state index contributed by atoms with van der Waals surface area (Å²) in [4.78, 5) is 4.51. The smallest absolute Gasteiger partial charge is 0.213 e.